The van der Waals surface area contributed by atoms with Crippen molar-refractivity contribution < 1.29 is 9.53 Å². The number of aromatic nitrogens is 1. The van der Waals surface area contributed by atoms with E-state index in [1.807, 2.05) is 68.7 Å². The van der Waals surface area contributed by atoms with E-state index >= 15 is 0 Å². The Morgan fingerprint density at radius 2 is 1.86 bits per heavy atom. The maximum Gasteiger partial charge on any atom is 0.341 e. The Labute approximate surface area is 169 Å². The SMILES string of the molecule is Cc1cccc(-c2ccc(COc3c(C)cccc3NC(=O)NN=N)c(C)c2)n1. The highest BCUT2D eigenvalue weighted by molar-refractivity contribution is 5.90. The predicted molar refractivity (Wildman–Crippen MR) is 112 cm³/mol. The van der Waals surface area contributed by atoms with E-state index in [4.69, 9.17) is 10.3 Å². The molecule has 0 radical (unpaired) electrons. The second kappa shape index (κ2) is 8.97. The zero-order chi connectivity index (χ0) is 20.8. The molecule has 0 bridgehead atoms. The first-order valence-electron chi connectivity index (χ1n) is 9.17. The maximum atomic E-state index is 11.7. The third-order valence-electron chi connectivity index (χ3n) is 4.52. The number of benzene rings is 2. The molecule has 0 aliphatic heterocycles. The van der Waals surface area contributed by atoms with Crippen molar-refractivity contribution in [2.24, 2.45) is 5.22 Å². The van der Waals surface area contributed by atoms with Gasteiger partial charge < -0.3 is 10.1 Å². The topological polar surface area (TPSA) is 99.5 Å². The van der Waals surface area contributed by atoms with E-state index in [0.717, 1.165) is 33.6 Å². The van der Waals surface area contributed by atoms with E-state index in [1.165, 1.54) is 0 Å². The van der Waals surface area contributed by atoms with Crippen molar-refractivity contribution in [1.82, 2.24) is 10.4 Å². The van der Waals surface area contributed by atoms with Gasteiger partial charge in [-0.2, -0.15) is 5.53 Å². The Kier molecular flexibility index (Phi) is 6.19. The normalized spacial score (nSPS) is 10.3. The zero-order valence-electron chi connectivity index (χ0n) is 16.6. The third kappa shape index (κ3) is 4.95. The number of nitrogens with one attached hydrogen (secondary N) is 3. The molecule has 0 aliphatic rings. The minimum absolute atomic E-state index is 0.358. The van der Waals surface area contributed by atoms with Crippen LogP contribution in [0.15, 0.2) is 59.8 Å². The van der Waals surface area contributed by atoms with Crippen LogP contribution in [0.3, 0.4) is 0 Å². The second-order valence-electron chi connectivity index (χ2n) is 6.72. The summed E-state index contributed by atoms with van der Waals surface area (Å²) < 4.78 is 6.04. The molecular formula is C22H23N5O2. The molecule has 2 amide bonds. The summed E-state index contributed by atoms with van der Waals surface area (Å²) >= 11 is 0. The molecule has 7 nitrogen and oxygen atoms in total. The molecule has 1 aromatic heterocycles. The summed E-state index contributed by atoms with van der Waals surface area (Å²) in [5, 5.41) is 5.51. The Balaban J connectivity index is 1.78. The maximum absolute atomic E-state index is 11.7. The van der Waals surface area contributed by atoms with Crippen LogP contribution in [0.5, 0.6) is 5.75 Å². The molecule has 29 heavy (non-hydrogen) atoms. The Bertz CT molecular complexity index is 1050. The average molecular weight is 389 g/mol. The minimum Gasteiger partial charge on any atom is -0.486 e. The van der Waals surface area contributed by atoms with E-state index in [0.29, 0.717) is 18.0 Å². The number of anilines is 1. The molecule has 0 unspecified atom stereocenters. The number of para-hydroxylation sites is 1. The first-order chi connectivity index (χ1) is 14.0. The van der Waals surface area contributed by atoms with Gasteiger partial charge in [-0.25, -0.2) is 10.2 Å². The summed E-state index contributed by atoms with van der Waals surface area (Å²) in [6.45, 7) is 6.28. The van der Waals surface area contributed by atoms with Gasteiger partial charge in [0, 0.05) is 11.3 Å². The third-order valence-corrected chi connectivity index (χ3v) is 4.52. The van der Waals surface area contributed by atoms with Crippen molar-refractivity contribution >= 4 is 11.7 Å². The van der Waals surface area contributed by atoms with Gasteiger partial charge in [0.2, 0.25) is 0 Å². The number of urea groups is 1. The number of rotatable bonds is 6. The largest absolute Gasteiger partial charge is 0.486 e. The number of amides is 2. The van der Waals surface area contributed by atoms with Gasteiger partial charge in [-0.1, -0.05) is 35.6 Å². The van der Waals surface area contributed by atoms with Crippen molar-refractivity contribution in [3.05, 3.63) is 77.0 Å². The highest BCUT2D eigenvalue weighted by Crippen LogP contribution is 2.30. The van der Waals surface area contributed by atoms with Crippen LogP contribution in [0.25, 0.3) is 11.3 Å². The highest BCUT2D eigenvalue weighted by Gasteiger charge is 2.11. The standard InChI is InChI=1S/C22H23N5O2/c1-14-6-4-9-20(25-22(28)26-27-23)21(14)29-13-18-11-10-17(12-15(18)2)19-8-5-7-16(3)24-19/h4-12H,13H2,1-3H3,(H3,23,25,26,28). The van der Waals surface area contributed by atoms with Crippen LogP contribution in [0.1, 0.15) is 22.4 Å². The van der Waals surface area contributed by atoms with Gasteiger partial charge in [0.25, 0.3) is 0 Å². The van der Waals surface area contributed by atoms with E-state index in [1.54, 1.807) is 6.07 Å². The summed E-state index contributed by atoms with van der Waals surface area (Å²) in [6, 6.07) is 17.0. The van der Waals surface area contributed by atoms with Crippen molar-refractivity contribution in [1.29, 1.82) is 5.53 Å². The van der Waals surface area contributed by atoms with Crippen molar-refractivity contribution in [2.75, 3.05) is 5.32 Å². The molecule has 0 fully saturated rings. The van der Waals surface area contributed by atoms with Gasteiger partial charge in [-0.05, 0) is 61.7 Å². The van der Waals surface area contributed by atoms with E-state index in [2.05, 4.69) is 21.6 Å². The average Bonchev–Trinajstić information content (AvgIpc) is 2.68. The van der Waals surface area contributed by atoms with Gasteiger partial charge in [0.15, 0.2) is 0 Å². The van der Waals surface area contributed by atoms with Crippen LogP contribution in [-0.2, 0) is 6.61 Å². The molecule has 148 valence electrons. The van der Waals surface area contributed by atoms with E-state index in [-0.39, 0.29) is 0 Å². The number of hydrogen-bond donors (Lipinski definition) is 3. The van der Waals surface area contributed by atoms with Crippen LogP contribution < -0.4 is 15.5 Å². The fourth-order valence-corrected chi connectivity index (χ4v) is 3.01. The predicted octanol–water partition coefficient (Wildman–Crippen LogP) is 5.32. The number of nitrogens with zero attached hydrogens (tertiary/aromatic N) is 2. The lowest BCUT2D eigenvalue weighted by Gasteiger charge is -2.16. The first kappa shape index (κ1) is 20.0. The Morgan fingerprint density at radius 1 is 1.07 bits per heavy atom. The summed E-state index contributed by atoms with van der Waals surface area (Å²) in [5.74, 6) is 0.580. The Morgan fingerprint density at radius 3 is 2.59 bits per heavy atom. The van der Waals surface area contributed by atoms with Gasteiger partial charge >= 0.3 is 6.03 Å². The fourth-order valence-electron chi connectivity index (χ4n) is 3.01. The number of carbonyl (C=O) groups excluding carboxylic acids is 1. The molecule has 0 saturated heterocycles. The molecule has 3 aromatic rings. The van der Waals surface area contributed by atoms with Gasteiger partial charge in [0.1, 0.15) is 12.4 Å². The number of carbonyl (C=O) groups is 1. The van der Waals surface area contributed by atoms with E-state index < -0.39 is 6.03 Å². The number of pyridine rings is 1. The molecule has 7 heteroatoms. The quantitative estimate of drug-likeness (QED) is 0.393. The molecule has 1 heterocycles. The van der Waals surface area contributed by atoms with Crippen LogP contribution in [-0.4, -0.2) is 11.0 Å². The minimum atomic E-state index is -0.596. The molecule has 0 aliphatic carbocycles. The van der Waals surface area contributed by atoms with Crippen molar-refractivity contribution in [2.45, 2.75) is 27.4 Å². The van der Waals surface area contributed by atoms with Crippen LogP contribution >= 0.6 is 0 Å². The molecule has 3 N–H and O–H groups in total. The van der Waals surface area contributed by atoms with Gasteiger partial charge in [-0.3, -0.25) is 4.98 Å². The fraction of sp³-hybridized carbons (Fsp3) is 0.182. The first-order valence-corrected chi connectivity index (χ1v) is 9.17. The summed E-state index contributed by atoms with van der Waals surface area (Å²) in [4.78, 5) is 16.3. The number of hydrogen-bond acceptors (Lipinski definition) is 5. The van der Waals surface area contributed by atoms with Gasteiger partial charge in [-0.15, -0.1) is 0 Å². The summed E-state index contributed by atoms with van der Waals surface area (Å²) in [7, 11) is 0. The van der Waals surface area contributed by atoms with E-state index in [9.17, 15) is 4.79 Å². The lowest BCUT2D eigenvalue weighted by molar-refractivity contribution is 0.251. The van der Waals surface area contributed by atoms with Crippen molar-refractivity contribution in [3.63, 3.8) is 0 Å². The lowest BCUT2D eigenvalue weighted by atomic mass is 10.0. The lowest BCUT2D eigenvalue weighted by Crippen LogP contribution is -2.23. The molecule has 3 rings (SSSR count). The van der Waals surface area contributed by atoms with Crippen LogP contribution in [0.4, 0.5) is 10.5 Å². The highest BCUT2D eigenvalue weighted by atomic mass is 16.5. The number of aryl methyl sites for hydroxylation is 3. The molecule has 0 atom stereocenters. The summed E-state index contributed by atoms with van der Waals surface area (Å²) in [6.07, 6.45) is 0. The molecule has 2 aromatic carbocycles. The second-order valence-corrected chi connectivity index (χ2v) is 6.72. The molecular weight excluding hydrogens is 366 g/mol. The van der Waals surface area contributed by atoms with Gasteiger partial charge in [0.05, 0.1) is 11.4 Å². The Hall–Kier alpha value is -3.74. The zero-order valence-corrected chi connectivity index (χ0v) is 16.6. The molecule has 0 spiro atoms. The molecule has 0 saturated carbocycles. The van der Waals surface area contributed by atoms with Crippen LogP contribution in [0.2, 0.25) is 0 Å². The van der Waals surface area contributed by atoms with Crippen LogP contribution in [0, 0.1) is 26.3 Å². The monoisotopic (exact) mass is 389 g/mol. The van der Waals surface area contributed by atoms with Crippen molar-refractivity contribution in [3.8, 4) is 17.0 Å². The number of ether oxygens (including phenoxy) is 1. The smallest absolute Gasteiger partial charge is 0.341 e. The summed E-state index contributed by atoms with van der Waals surface area (Å²) in [5.41, 5.74) is 15.3.